The van der Waals surface area contributed by atoms with Crippen LogP contribution in [0.2, 0.25) is 0 Å². The van der Waals surface area contributed by atoms with Gasteiger partial charge in [-0.2, -0.15) is 0 Å². The minimum atomic E-state index is -1.05. The van der Waals surface area contributed by atoms with E-state index in [1.165, 1.54) is 5.57 Å². The maximum Gasteiger partial charge on any atom is 0.326 e. The summed E-state index contributed by atoms with van der Waals surface area (Å²) in [7, 11) is 1.65. The molecule has 3 N–H and O–H groups in total. The topological polar surface area (TPSA) is 113 Å². The predicted octanol–water partition coefficient (Wildman–Crippen LogP) is 2.47. The molecule has 3 aliphatic rings. The number of nitrogens with one attached hydrogen (secondary N) is 2. The highest BCUT2D eigenvalue weighted by Gasteiger charge is 2.71. The summed E-state index contributed by atoms with van der Waals surface area (Å²) < 4.78 is 18.0. The number of ether oxygens (including phenoxy) is 3. The Hall–Kier alpha value is -1.64. The first-order valence-corrected chi connectivity index (χ1v) is 10.8. The number of carboxylic acids is 1. The number of carbonyl (C=O) groups excluding carboxylic acids is 1. The van der Waals surface area contributed by atoms with Gasteiger partial charge in [-0.15, -0.1) is 0 Å². The van der Waals surface area contributed by atoms with Crippen molar-refractivity contribution in [2.45, 2.75) is 89.4 Å². The van der Waals surface area contributed by atoms with Gasteiger partial charge in [0.2, 0.25) is 0 Å². The van der Waals surface area contributed by atoms with E-state index < -0.39 is 18.0 Å². The van der Waals surface area contributed by atoms with E-state index in [2.05, 4.69) is 37.5 Å². The molecule has 0 aromatic carbocycles. The molecule has 1 spiro atoms. The summed E-state index contributed by atoms with van der Waals surface area (Å²) >= 11 is 0. The Morgan fingerprint density at radius 2 is 2.00 bits per heavy atom. The van der Waals surface area contributed by atoms with Gasteiger partial charge in [-0.1, -0.05) is 25.5 Å². The Balaban J connectivity index is 1.71. The van der Waals surface area contributed by atoms with Crippen LogP contribution in [0.15, 0.2) is 11.6 Å². The van der Waals surface area contributed by atoms with Gasteiger partial charge in [-0.25, -0.2) is 9.59 Å². The van der Waals surface area contributed by atoms with Gasteiger partial charge < -0.3 is 30.0 Å². The second-order valence-corrected chi connectivity index (χ2v) is 9.66. The molecule has 0 aromatic rings. The quantitative estimate of drug-likeness (QED) is 0.408. The van der Waals surface area contributed by atoms with Crippen LogP contribution in [-0.4, -0.2) is 66.3 Å². The maximum absolute atomic E-state index is 12.6. The molecule has 1 saturated carbocycles. The highest BCUT2D eigenvalue weighted by molar-refractivity contribution is 5.82. The molecule has 0 aromatic heterocycles. The first-order chi connectivity index (χ1) is 14.0. The van der Waals surface area contributed by atoms with E-state index in [9.17, 15) is 14.7 Å². The summed E-state index contributed by atoms with van der Waals surface area (Å²) in [6.45, 7) is 10.5. The third-order valence-corrected chi connectivity index (χ3v) is 6.83. The van der Waals surface area contributed by atoms with E-state index in [0.717, 1.165) is 12.8 Å². The number of hydrogen-bond acceptors (Lipinski definition) is 5. The van der Waals surface area contributed by atoms with Gasteiger partial charge >= 0.3 is 12.0 Å². The van der Waals surface area contributed by atoms with Gasteiger partial charge in [-0.05, 0) is 46.0 Å². The molecule has 2 amide bonds. The van der Waals surface area contributed by atoms with E-state index in [4.69, 9.17) is 14.2 Å². The van der Waals surface area contributed by atoms with E-state index in [1.807, 2.05) is 0 Å². The van der Waals surface area contributed by atoms with Crippen LogP contribution in [0.4, 0.5) is 4.79 Å². The molecular formula is C22H36N2O6. The lowest BCUT2D eigenvalue weighted by Gasteiger charge is -2.43. The van der Waals surface area contributed by atoms with E-state index in [1.54, 1.807) is 21.0 Å². The Morgan fingerprint density at radius 1 is 1.33 bits per heavy atom. The fraction of sp³-hybridized carbons (Fsp3) is 0.818. The molecule has 3 fully saturated rings. The predicted molar refractivity (Wildman–Crippen MR) is 111 cm³/mol. The van der Waals surface area contributed by atoms with Crippen molar-refractivity contribution >= 4 is 12.0 Å². The fourth-order valence-electron chi connectivity index (χ4n) is 5.01. The van der Waals surface area contributed by atoms with Crippen molar-refractivity contribution in [2.75, 3.05) is 13.7 Å². The number of epoxide rings is 2. The number of urea groups is 1. The highest BCUT2D eigenvalue weighted by Crippen LogP contribution is 2.59. The number of amides is 2. The van der Waals surface area contributed by atoms with Crippen LogP contribution in [0.5, 0.6) is 0 Å². The lowest BCUT2D eigenvalue weighted by molar-refractivity contribution is -0.140. The molecule has 7 atom stereocenters. The minimum absolute atomic E-state index is 0.00928. The Bertz CT molecular complexity index is 700. The Morgan fingerprint density at radius 3 is 2.50 bits per heavy atom. The molecule has 30 heavy (non-hydrogen) atoms. The van der Waals surface area contributed by atoms with Crippen molar-refractivity contribution in [3.8, 4) is 0 Å². The molecule has 0 radical (unpaired) electrons. The molecule has 0 unspecified atom stereocenters. The Labute approximate surface area is 178 Å². The smallest absolute Gasteiger partial charge is 0.326 e. The lowest BCUT2D eigenvalue weighted by atomic mass is 9.67. The van der Waals surface area contributed by atoms with Gasteiger partial charge in [0.05, 0.1) is 30.5 Å². The largest absolute Gasteiger partial charge is 0.480 e. The average molecular weight is 425 g/mol. The summed E-state index contributed by atoms with van der Waals surface area (Å²) in [6, 6.07) is -1.68. The van der Waals surface area contributed by atoms with Crippen molar-refractivity contribution in [1.29, 1.82) is 0 Å². The van der Waals surface area contributed by atoms with Crippen LogP contribution in [0, 0.1) is 11.8 Å². The van der Waals surface area contributed by atoms with Gasteiger partial charge in [0, 0.05) is 13.0 Å². The Kier molecular flexibility index (Phi) is 6.51. The SMILES string of the molecule is CO[C@@H]1[C@H](NC(=O)N[C@@H](C(=O)O)C(C)C)CC[C@]2(CO2)[C@H]1[C@]1(C)O[C@@H]1CC=C(C)C. The molecule has 8 nitrogen and oxygen atoms in total. The van der Waals surface area contributed by atoms with Crippen LogP contribution in [-0.2, 0) is 19.0 Å². The normalized spacial score (nSPS) is 38.1. The molecule has 1 aliphatic carbocycles. The molecule has 3 rings (SSSR count). The number of methoxy groups -OCH3 is 1. The summed E-state index contributed by atoms with van der Waals surface area (Å²) in [5.74, 6) is -1.27. The minimum Gasteiger partial charge on any atom is -0.480 e. The molecule has 0 bridgehead atoms. The van der Waals surface area contributed by atoms with E-state index in [0.29, 0.717) is 13.0 Å². The number of rotatable bonds is 8. The van der Waals surface area contributed by atoms with Crippen molar-refractivity contribution in [1.82, 2.24) is 10.6 Å². The zero-order valence-corrected chi connectivity index (χ0v) is 18.9. The first-order valence-electron chi connectivity index (χ1n) is 10.8. The first kappa shape index (κ1) is 23.0. The molecule has 2 heterocycles. The van der Waals surface area contributed by atoms with Gasteiger partial charge in [-0.3, -0.25) is 0 Å². The van der Waals surface area contributed by atoms with Gasteiger partial charge in [0.1, 0.15) is 11.6 Å². The molecule has 170 valence electrons. The monoisotopic (exact) mass is 424 g/mol. The summed E-state index contributed by atoms with van der Waals surface area (Å²) in [5, 5.41) is 14.9. The third kappa shape index (κ3) is 4.50. The third-order valence-electron chi connectivity index (χ3n) is 6.83. The standard InChI is InChI=1S/C22H36N2O6/c1-12(2)7-8-15-21(5,30-15)18-17(28-6)14(9-10-22(18)11-29-22)23-20(27)24-16(13(3)4)19(25)26/h7,13-18H,8-11H2,1-6H3,(H,25,26)(H2,23,24,27)/t14-,15-,16-,17-,18-,21-,22+/m1/s1. The van der Waals surface area contributed by atoms with Crippen LogP contribution < -0.4 is 10.6 Å². The summed E-state index contributed by atoms with van der Waals surface area (Å²) in [6.07, 6.45) is 4.36. The number of allylic oxidation sites excluding steroid dienone is 1. The van der Waals surface area contributed by atoms with Crippen molar-refractivity contribution < 1.29 is 28.9 Å². The van der Waals surface area contributed by atoms with Gasteiger partial charge in [0.15, 0.2) is 0 Å². The van der Waals surface area contributed by atoms with Crippen LogP contribution in [0.25, 0.3) is 0 Å². The van der Waals surface area contributed by atoms with Gasteiger partial charge in [0.25, 0.3) is 0 Å². The number of carbonyl (C=O) groups is 2. The number of aliphatic carboxylic acids is 1. The number of carboxylic acid groups (broad SMARTS) is 1. The average Bonchev–Trinajstić information content (AvgIpc) is 3.56. The number of hydrogen-bond donors (Lipinski definition) is 3. The molecule has 8 heteroatoms. The molecule has 2 aliphatic heterocycles. The second-order valence-electron chi connectivity index (χ2n) is 9.66. The summed E-state index contributed by atoms with van der Waals surface area (Å²) in [4.78, 5) is 24.0. The fourth-order valence-corrected chi connectivity index (χ4v) is 5.01. The van der Waals surface area contributed by atoms with Crippen LogP contribution in [0.3, 0.4) is 0 Å². The maximum atomic E-state index is 12.6. The zero-order valence-electron chi connectivity index (χ0n) is 18.9. The molecule has 2 saturated heterocycles. The second kappa shape index (κ2) is 8.48. The van der Waals surface area contributed by atoms with Crippen LogP contribution in [0.1, 0.15) is 53.9 Å². The van der Waals surface area contributed by atoms with Crippen molar-refractivity contribution in [3.05, 3.63) is 11.6 Å². The van der Waals surface area contributed by atoms with Crippen molar-refractivity contribution in [2.24, 2.45) is 11.8 Å². The van der Waals surface area contributed by atoms with Crippen molar-refractivity contribution in [3.63, 3.8) is 0 Å². The van der Waals surface area contributed by atoms with Crippen LogP contribution >= 0.6 is 0 Å². The zero-order chi connectivity index (χ0) is 22.3. The summed E-state index contributed by atoms with van der Waals surface area (Å²) in [5.41, 5.74) is 0.624. The lowest BCUT2D eigenvalue weighted by Crippen LogP contribution is -2.61. The van der Waals surface area contributed by atoms with E-state index >= 15 is 0 Å². The van der Waals surface area contributed by atoms with E-state index in [-0.39, 0.29) is 41.3 Å². The molecular weight excluding hydrogens is 388 g/mol. The highest BCUT2D eigenvalue weighted by atomic mass is 16.6.